The van der Waals surface area contributed by atoms with E-state index in [1.54, 1.807) is 0 Å². The summed E-state index contributed by atoms with van der Waals surface area (Å²) in [5.41, 5.74) is -0.0548. The predicted octanol–water partition coefficient (Wildman–Crippen LogP) is 1.08. The molecular formula is C11H11FO4. The highest BCUT2D eigenvalue weighted by molar-refractivity contribution is 5.74. The van der Waals surface area contributed by atoms with E-state index in [1.807, 2.05) is 0 Å². The zero-order chi connectivity index (χ0) is 12.1. The SMILES string of the molecule is O=CCCc1cccc(C(O)C(=O)O)c1F. The number of hydrogen-bond acceptors (Lipinski definition) is 3. The minimum atomic E-state index is -1.88. The molecule has 1 unspecified atom stereocenters. The van der Waals surface area contributed by atoms with Crippen LogP contribution in [-0.4, -0.2) is 22.5 Å². The van der Waals surface area contributed by atoms with Crippen LogP contribution in [0.15, 0.2) is 18.2 Å². The standard InChI is InChI=1S/C11H11FO4/c12-9-7(4-2-6-13)3-1-5-8(9)10(14)11(15)16/h1,3,5-6,10,14H,2,4H2,(H,15,16). The van der Waals surface area contributed by atoms with Crippen molar-refractivity contribution in [3.05, 3.63) is 35.1 Å². The van der Waals surface area contributed by atoms with Gasteiger partial charge < -0.3 is 15.0 Å². The average molecular weight is 226 g/mol. The summed E-state index contributed by atoms with van der Waals surface area (Å²) in [6.07, 6.45) is -0.880. The summed E-state index contributed by atoms with van der Waals surface area (Å²) in [7, 11) is 0. The first-order chi connectivity index (χ1) is 7.57. The molecule has 0 aliphatic rings. The Labute approximate surface area is 91.3 Å². The Balaban J connectivity index is 3.03. The number of rotatable bonds is 5. The Hall–Kier alpha value is -1.75. The number of carboxylic acid groups (broad SMARTS) is 1. The maximum absolute atomic E-state index is 13.7. The monoisotopic (exact) mass is 226 g/mol. The topological polar surface area (TPSA) is 74.6 Å². The smallest absolute Gasteiger partial charge is 0.337 e. The number of aliphatic hydroxyl groups is 1. The van der Waals surface area contributed by atoms with Crippen LogP contribution in [0.5, 0.6) is 0 Å². The van der Waals surface area contributed by atoms with Crippen molar-refractivity contribution in [3.63, 3.8) is 0 Å². The second kappa shape index (κ2) is 5.37. The van der Waals surface area contributed by atoms with Crippen molar-refractivity contribution >= 4 is 12.3 Å². The van der Waals surface area contributed by atoms with Gasteiger partial charge in [0.05, 0.1) is 0 Å². The number of aldehydes is 1. The van der Waals surface area contributed by atoms with Crippen LogP contribution in [0.25, 0.3) is 0 Å². The largest absolute Gasteiger partial charge is 0.479 e. The lowest BCUT2D eigenvalue weighted by Crippen LogP contribution is -2.13. The number of aryl methyl sites for hydroxylation is 1. The number of hydrogen-bond donors (Lipinski definition) is 2. The van der Waals surface area contributed by atoms with E-state index in [4.69, 9.17) is 5.11 Å². The molecule has 0 aromatic heterocycles. The van der Waals surface area contributed by atoms with E-state index in [0.717, 1.165) is 0 Å². The van der Waals surface area contributed by atoms with Gasteiger partial charge in [0, 0.05) is 12.0 Å². The van der Waals surface area contributed by atoms with E-state index in [1.165, 1.54) is 18.2 Å². The van der Waals surface area contributed by atoms with E-state index < -0.39 is 17.9 Å². The molecule has 0 amide bonds. The lowest BCUT2D eigenvalue weighted by Gasteiger charge is -2.09. The number of halogens is 1. The molecule has 86 valence electrons. The Kier molecular flexibility index (Phi) is 4.13. The van der Waals surface area contributed by atoms with Crippen LogP contribution in [0.1, 0.15) is 23.7 Å². The molecule has 0 saturated heterocycles. The first kappa shape index (κ1) is 12.3. The van der Waals surface area contributed by atoms with E-state index in [-0.39, 0.29) is 24.0 Å². The maximum Gasteiger partial charge on any atom is 0.337 e. The van der Waals surface area contributed by atoms with Gasteiger partial charge in [0.1, 0.15) is 12.1 Å². The van der Waals surface area contributed by atoms with Crippen molar-refractivity contribution in [1.82, 2.24) is 0 Å². The highest BCUT2D eigenvalue weighted by atomic mass is 19.1. The molecule has 0 aliphatic carbocycles. The van der Waals surface area contributed by atoms with Crippen molar-refractivity contribution in [1.29, 1.82) is 0 Å². The van der Waals surface area contributed by atoms with Crippen molar-refractivity contribution in [2.24, 2.45) is 0 Å². The maximum atomic E-state index is 13.7. The summed E-state index contributed by atoms with van der Waals surface area (Å²) >= 11 is 0. The fraction of sp³-hybridized carbons (Fsp3) is 0.273. The fourth-order valence-corrected chi connectivity index (χ4v) is 1.35. The molecule has 4 nitrogen and oxygen atoms in total. The van der Waals surface area contributed by atoms with Crippen LogP contribution in [0.3, 0.4) is 0 Å². The number of benzene rings is 1. The van der Waals surface area contributed by atoms with Gasteiger partial charge in [-0.3, -0.25) is 0 Å². The number of carbonyl (C=O) groups is 2. The van der Waals surface area contributed by atoms with Crippen LogP contribution in [0.4, 0.5) is 4.39 Å². The van der Waals surface area contributed by atoms with E-state index >= 15 is 0 Å². The van der Waals surface area contributed by atoms with E-state index in [0.29, 0.717) is 6.29 Å². The van der Waals surface area contributed by atoms with Crippen molar-refractivity contribution in [2.45, 2.75) is 18.9 Å². The highest BCUT2D eigenvalue weighted by Crippen LogP contribution is 2.21. The third-order valence-electron chi connectivity index (χ3n) is 2.17. The molecule has 1 aromatic carbocycles. The van der Waals surface area contributed by atoms with Gasteiger partial charge in [-0.15, -0.1) is 0 Å². The Morgan fingerprint density at radius 1 is 1.50 bits per heavy atom. The molecule has 0 spiro atoms. The van der Waals surface area contributed by atoms with Gasteiger partial charge in [0.15, 0.2) is 6.10 Å². The van der Waals surface area contributed by atoms with Gasteiger partial charge >= 0.3 is 5.97 Å². The first-order valence-electron chi connectivity index (χ1n) is 4.69. The third-order valence-corrected chi connectivity index (χ3v) is 2.17. The molecule has 2 N–H and O–H groups in total. The number of aliphatic hydroxyl groups excluding tert-OH is 1. The van der Waals surface area contributed by atoms with Crippen molar-refractivity contribution < 1.29 is 24.2 Å². The van der Waals surface area contributed by atoms with Crippen LogP contribution < -0.4 is 0 Å². The number of carboxylic acids is 1. The minimum absolute atomic E-state index is 0.156. The molecule has 0 saturated carbocycles. The quantitative estimate of drug-likeness (QED) is 0.736. The van der Waals surface area contributed by atoms with Crippen LogP contribution in [0.2, 0.25) is 0 Å². The summed E-state index contributed by atoms with van der Waals surface area (Å²) in [6.45, 7) is 0. The highest BCUT2D eigenvalue weighted by Gasteiger charge is 2.21. The molecule has 0 fully saturated rings. The minimum Gasteiger partial charge on any atom is -0.479 e. The van der Waals surface area contributed by atoms with Crippen molar-refractivity contribution in [3.8, 4) is 0 Å². The molecule has 1 aromatic rings. The average Bonchev–Trinajstić information content (AvgIpc) is 2.26. The predicted molar refractivity (Wildman–Crippen MR) is 53.4 cm³/mol. The van der Waals surface area contributed by atoms with E-state index in [2.05, 4.69) is 0 Å². The van der Waals surface area contributed by atoms with Gasteiger partial charge in [-0.25, -0.2) is 9.18 Å². The molecule has 0 aliphatic heterocycles. The van der Waals surface area contributed by atoms with Gasteiger partial charge in [-0.05, 0) is 12.0 Å². The third kappa shape index (κ3) is 2.64. The molecule has 1 atom stereocenters. The molecule has 0 bridgehead atoms. The van der Waals surface area contributed by atoms with Gasteiger partial charge in [-0.1, -0.05) is 18.2 Å². The molecule has 5 heteroatoms. The Bertz CT molecular complexity index is 403. The molecule has 16 heavy (non-hydrogen) atoms. The van der Waals surface area contributed by atoms with E-state index in [9.17, 15) is 19.1 Å². The second-order valence-corrected chi connectivity index (χ2v) is 3.27. The summed E-state index contributed by atoms with van der Waals surface area (Å²) in [4.78, 5) is 20.7. The van der Waals surface area contributed by atoms with Crippen LogP contribution >= 0.6 is 0 Å². The van der Waals surface area contributed by atoms with Crippen molar-refractivity contribution in [2.75, 3.05) is 0 Å². The van der Waals surface area contributed by atoms with Gasteiger partial charge in [-0.2, -0.15) is 0 Å². The molecule has 0 radical (unpaired) electrons. The lowest BCUT2D eigenvalue weighted by molar-refractivity contribution is -0.147. The van der Waals surface area contributed by atoms with Crippen LogP contribution in [0, 0.1) is 5.82 Å². The summed E-state index contributed by atoms with van der Waals surface area (Å²) in [5, 5.41) is 17.8. The molecule has 1 rings (SSSR count). The summed E-state index contributed by atoms with van der Waals surface area (Å²) in [5.74, 6) is -2.27. The number of aliphatic carboxylic acids is 1. The normalized spacial score (nSPS) is 12.1. The fourth-order valence-electron chi connectivity index (χ4n) is 1.35. The molecule has 0 heterocycles. The van der Waals surface area contributed by atoms with Gasteiger partial charge in [0.25, 0.3) is 0 Å². The zero-order valence-electron chi connectivity index (χ0n) is 8.39. The zero-order valence-corrected chi connectivity index (χ0v) is 8.39. The summed E-state index contributed by atoms with van der Waals surface area (Å²) < 4.78 is 13.7. The number of carbonyl (C=O) groups excluding carboxylic acids is 1. The first-order valence-corrected chi connectivity index (χ1v) is 4.69. The lowest BCUT2D eigenvalue weighted by atomic mass is 10.0. The van der Waals surface area contributed by atoms with Crippen LogP contribution in [-0.2, 0) is 16.0 Å². The Morgan fingerprint density at radius 3 is 2.75 bits per heavy atom. The second-order valence-electron chi connectivity index (χ2n) is 3.27. The Morgan fingerprint density at radius 2 is 2.19 bits per heavy atom. The molecular weight excluding hydrogens is 215 g/mol. The van der Waals surface area contributed by atoms with Gasteiger partial charge in [0.2, 0.25) is 0 Å². The summed E-state index contributed by atoms with van der Waals surface area (Å²) in [6, 6.07) is 4.11.